The van der Waals surface area contributed by atoms with Gasteiger partial charge in [-0.2, -0.15) is 5.10 Å². The Hall–Kier alpha value is -3.62. The number of hydrogen-bond acceptors (Lipinski definition) is 7. The van der Waals surface area contributed by atoms with Crippen LogP contribution in [0.25, 0.3) is 0 Å². The molecule has 23 heavy (non-hydrogen) atoms. The Balaban J connectivity index is 2.17. The standard InChI is InChI=1S/C14H11N3O6/c18-11-6-5-8(12(19)13(11)20)7-15-16-14(21)9-3-1-2-4-10(9)17(22)23/h1-7,18-20H,(H,16,21)/b15-7+. The summed E-state index contributed by atoms with van der Waals surface area (Å²) in [6, 6.07) is 7.73. The number of nitrogens with zero attached hydrogens (tertiary/aromatic N) is 2. The molecule has 2 aromatic rings. The number of nitro benzene ring substituents is 1. The molecule has 0 aliphatic heterocycles. The number of aromatic hydroxyl groups is 3. The lowest BCUT2D eigenvalue weighted by molar-refractivity contribution is -0.385. The maximum atomic E-state index is 11.9. The van der Waals surface area contributed by atoms with Crippen molar-refractivity contribution >= 4 is 17.8 Å². The Labute approximate surface area is 129 Å². The Kier molecular flexibility index (Phi) is 4.41. The lowest BCUT2D eigenvalue weighted by Gasteiger charge is -2.04. The minimum atomic E-state index is -0.809. The van der Waals surface area contributed by atoms with Gasteiger partial charge in [0.25, 0.3) is 11.6 Å². The highest BCUT2D eigenvalue weighted by Gasteiger charge is 2.18. The van der Waals surface area contributed by atoms with Crippen molar-refractivity contribution in [3.05, 3.63) is 57.6 Å². The van der Waals surface area contributed by atoms with E-state index >= 15 is 0 Å². The van der Waals surface area contributed by atoms with Crippen LogP contribution >= 0.6 is 0 Å². The molecule has 0 unspecified atom stereocenters. The van der Waals surface area contributed by atoms with Crippen LogP contribution < -0.4 is 5.43 Å². The van der Waals surface area contributed by atoms with Crippen molar-refractivity contribution in [2.24, 2.45) is 5.10 Å². The van der Waals surface area contributed by atoms with Crippen LogP contribution in [0.4, 0.5) is 5.69 Å². The molecule has 0 atom stereocenters. The van der Waals surface area contributed by atoms with Gasteiger partial charge in [-0.05, 0) is 18.2 Å². The molecule has 0 aromatic heterocycles. The molecule has 0 aliphatic carbocycles. The smallest absolute Gasteiger partial charge is 0.282 e. The molecule has 1 amide bonds. The number of amides is 1. The third-order valence-electron chi connectivity index (χ3n) is 2.88. The van der Waals surface area contributed by atoms with Gasteiger partial charge in [-0.15, -0.1) is 0 Å². The first kappa shape index (κ1) is 15.8. The summed E-state index contributed by atoms with van der Waals surface area (Å²) in [5, 5.41) is 42.5. The van der Waals surface area contributed by atoms with Gasteiger partial charge in [0.1, 0.15) is 5.56 Å². The van der Waals surface area contributed by atoms with Crippen molar-refractivity contribution in [2.45, 2.75) is 0 Å². The molecule has 2 rings (SSSR count). The molecule has 0 bridgehead atoms. The maximum Gasteiger partial charge on any atom is 0.282 e. The monoisotopic (exact) mass is 317 g/mol. The number of hydrazone groups is 1. The second kappa shape index (κ2) is 6.43. The molecule has 0 saturated heterocycles. The minimum Gasteiger partial charge on any atom is -0.504 e. The molecule has 0 aliphatic rings. The molecular formula is C14H11N3O6. The molecule has 0 spiro atoms. The van der Waals surface area contributed by atoms with Gasteiger partial charge in [0, 0.05) is 11.6 Å². The first-order valence-corrected chi connectivity index (χ1v) is 6.22. The lowest BCUT2D eigenvalue weighted by Crippen LogP contribution is -2.18. The van der Waals surface area contributed by atoms with E-state index in [0.29, 0.717) is 0 Å². The molecule has 118 valence electrons. The number of carbonyl (C=O) groups is 1. The quantitative estimate of drug-likeness (QED) is 0.291. The van der Waals surface area contributed by atoms with Crippen molar-refractivity contribution in [1.82, 2.24) is 5.43 Å². The Morgan fingerprint density at radius 1 is 1.13 bits per heavy atom. The van der Waals surface area contributed by atoms with Crippen molar-refractivity contribution < 1.29 is 25.0 Å². The summed E-state index contributed by atoms with van der Waals surface area (Å²) < 4.78 is 0. The van der Waals surface area contributed by atoms with Crippen LogP contribution in [0.2, 0.25) is 0 Å². The number of nitro groups is 1. The predicted molar refractivity (Wildman–Crippen MR) is 79.6 cm³/mol. The first-order chi connectivity index (χ1) is 10.9. The van der Waals surface area contributed by atoms with E-state index in [2.05, 4.69) is 10.5 Å². The van der Waals surface area contributed by atoms with Gasteiger partial charge in [-0.25, -0.2) is 5.43 Å². The highest BCUT2D eigenvalue weighted by atomic mass is 16.6. The van der Waals surface area contributed by atoms with Crippen LogP contribution in [0, 0.1) is 10.1 Å². The van der Waals surface area contributed by atoms with Crippen LogP contribution in [0.1, 0.15) is 15.9 Å². The fourth-order valence-corrected chi connectivity index (χ4v) is 1.73. The average molecular weight is 317 g/mol. The SMILES string of the molecule is O=C(N/N=C/c1ccc(O)c(O)c1O)c1ccccc1[N+](=O)[O-]. The number of phenolic OH excluding ortho intramolecular Hbond substituents is 3. The van der Waals surface area contributed by atoms with Crippen molar-refractivity contribution in [2.75, 3.05) is 0 Å². The zero-order valence-corrected chi connectivity index (χ0v) is 11.5. The molecule has 0 heterocycles. The summed E-state index contributed by atoms with van der Waals surface area (Å²) in [7, 11) is 0. The van der Waals surface area contributed by atoms with Crippen molar-refractivity contribution in [3.8, 4) is 17.2 Å². The highest BCUT2D eigenvalue weighted by Crippen LogP contribution is 2.36. The largest absolute Gasteiger partial charge is 0.504 e. The summed E-state index contributed by atoms with van der Waals surface area (Å²) in [6.07, 6.45) is 1.02. The van der Waals surface area contributed by atoms with Gasteiger partial charge in [0.05, 0.1) is 11.1 Å². The van der Waals surface area contributed by atoms with Gasteiger partial charge < -0.3 is 15.3 Å². The zero-order valence-electron chi connectivity index (χ0n) is 11.5. The molecule has 0 radical (unpaired) electrons. The summed E-state index contributed by atoms with van der Waals surface area (Å²) in [5.74, 6) is -2.66. The summed E-state index contributed by atoms with van der Waals surface area (Å²) in [4.78, 5) is 22.0. The summed E-state index contributed by atoms with van der Waals surface area (Å²) >= 11 is 0. The van der Waals surface area contributed by atoms with Crippen LogP contribution in [-0.2, 0) is 0 Å². The Morgan fingerprint density at radius 2 is 1.83 bits per heavy atom. The third-order valence-corrected chi connectivity index (χ3v) is 2.88. The van der Waals surface area contributed by atoms with Crippen LogP contribution in [0.15, 0.2) is 41.5 Å². The van der Waals surface area contributed by atoms with Crippen molar-refractivity contribution in [1.29, 1.82) is 0 Å². The maximum absolute atomic E-state index is 11.9. The first-order valence-electron chi connectivity index (χ1n) is 6.22. The highest BCUT2D eigenvalue weighted by molar-refractivity contribution is 5.98. The van der Waals surface area contributed by atoms with E-state index in [-0.39, 0.29) is 16.8 Å². The Bertz CT molecular complexity index is 803. The van der Waals surface area contributed by atoms with E-state index < -0.39 is 28.1 Å². The molecule has 2 aromatic carbocycles. The van der Waals surface area contributed by atoms with Crippen molar-refractivity contribution in [3.63, 3.8) is 0 Å². The van der Waals surface area contributed by atoms with E-state index in [9.17, 15) is 30.2 Å². The van der Waals surface area contributed by atoms with Crippen LogP contribution in [0.3, 0.4) is 0 Å². The average Bonchev–Trinajstić information content (AvgIpc) is 2.54. The number of rotatable bonds is 4. The fraction of sp³-hybridized carbons (Fsp3) is 0. The Morgan fingerprint density at radius 3 is 2.52 bits per heavy atom. The fourth-order valence-electron chi connectivity index (χ4n) is 1.73. The molecule has 0 fully saturated rings. The predicted octanol–water partition coefficient (Wildman–Crippen LogP) is 1.48. The molecule has 9 heteroatoms. The number of hydrogen-bond donors (Lipinski definition) is 4. The number of nitrogens with one attached hydrogen (secondary N) is 1. The number of para-hydroxylation sites is 1. The normalized spacial score (nSPS) is 10.6. The van der Waals surface area contributed by atoms with Crippen LogP contribution in [0.5, 0.6) is 17.2 Å². The summed E-state index contributed by atoms with van der Waals surface area (Å²) in [6.45, 7) is 0. The second-order valence-electron chi connectivity index (χ2n) is 4.34. The van der Waals surface area contributed by atoms with Crippen LogP contribution in [-0.4, -0.2) is 32.4 Å². The topological polar surface area (TPSA) is 145 Å². The minimum absolute atomic E-state index is 0.0307. The molecule has 9 nitrogen and oxygen atoms in total. The van der Waals surface area contributed by atoms with Gasteiger partial charge in [-0.1, -0.05) is 12.1 Å². The molecule has 4 N–H and O–H groups in total. The number of benzene rings is 2. The third kappa shape index (κ3) is 3.35. The van der Waals surface area contributed by atoms with E-state index in [1.807, 2.05) is 0 Å². The lowest BCUT2D eigenvalue weighted by atomic mass is 10.2. The van der Waals surface area contributed by atoms with Gasteiger partial charge in [0.15, 0.2) is 11.5 Å². The van der Waals surface area contributed by atoms with E-state index in [0.717, 1.165) is 12.3 Å². The number of carbonyl (C=O) groups excluding carboxylic acids is 1. The van der Waals surface area contributed by atoms with E-state index in [4.69, 9.17) is 0 Å². The van der Waals surface area contributed by atoms with E-state index in [1.165, 1.54) is 30.3 Å². The number of phenols is 3. The van der Waals surface area contributed by atoms with Gasteiger partial charge >= 0.3 is 0 Å². The second-order valence-corrected chi connectivity index (χ2v) is 4.34. The van der Waals surface area contributed by atoms with Gasteiger partial charge in [0.2, 0.25) is 5.75 Å². The summed E-state index contributed by atoms with van der Waals surface area (Å²) in [5.41, 5.74) is 1.56. The zero-order chi connectivity index (χ0) is 17.0. The van der Waals surface area contributed by atoms with E-state index in [1.54, 1.807) is 0 Å². The molecule has 0 saturated carbocycles. The van der Waals surface area contributed by atoms with Gasteiger partial charge in [-0.3, -0.25) is 14.9 Å². The molecular weight excluding hydrogens is 306 g/mol.